The maximum Gasteiger partial charge on any atom is 0.264 e. The fraction of sp³-hybridized carbons (Fsp3) is 0.167. The van der Waals surface area contributed by atoms with Gasteiger partial charge in [0.15, 0.2) is 6.61 Å². The Morgan fingerprint density at radius 1 is 0.951 bits per heavy atom. The second kappa shape index (κ2) is 13.4. The van der Waals surface area contributed by atoms with Gasteiger partial charge in [-0.2, -0.15) is 5.10 Å². The number of rotatable bonds is 12. The summed E-state index contributed by atoms with van der Waals surface area (Å²) in [5, 5.41) is 6.67. The molecular weight excluding hydrogens is 544 g/mol. The van der Waals surface area contributed by atoms with E-state index >= 15 is 0 Å². The predicted molar refractivity (Wildman–Crippen MR) is 155 cm³/mol. The van der Waals surface area contributed by atoms with Crippen LogP contribution in [0.15, 0.2) is 106 Å². The lowest BCUT2D eigenvalue weighted by Crippen LogP contribution is -2.40. The monoisotopic (exact) mass is 574 g/mol. The van der Waals surface area contributed by atoms with Crippen molar-refractivity contribution in [1.82, 2.24) is 10.7 Å². The quantitative estimate of drug-likeness (QED) is 0.195. The van der Waals surface area contributed by atoms with E-state index in [-0.39, 0.29) is 24.0 Å². The van der Waals surface area contributed by atoms with Crippen LogP contribution in [0.2, 0.25) is 0 Å². The molecule has 0 spiro atoms. The molecule has 0 bridgehead atoms. The molecule has 0 aliphatic carbocycles. The highest BCUT2D eigenvalue weighted by atomic mass is 32.2. The number of hydrogen-bond donors (Lipinski definition) is 2. The molecule has 0 saturated carbocycles. The molecule has 212 valence electrons. The highest BCUT2D eigenvalue weighted by molar-refractivity contribution is 7.92. The minimum absolute atomic E-state index is 0.0774. The number of furan rings is 1. The lowest BCUT2D eigenvalue weighted by molar-refractivity contribution is -0.123. The molecule has 0 aliphatic rings. The second-order valence-electron chi connectivity index (χ2n) is 9.12. The first-order valence-corrected chi connectivity index (χ1v) is 14.2. The highest BCUT2D eigenvalue weighted by Gasteiger charge is 2.28. The lowest BCUT2D eigenvalue weighted by atomic mass is 10.1. The van der Waals surface area contributed by atoms with Gasteiger partial charge in [0.2, 0.25) is 0 Å². The number of carbonyl (C=O) groups is 2. The highest BCUT2D eigenvalue weighted by Crippen LogP contribution is 2.27. The molecular formula is C30H30N4O6S. The molecule has 0 fully saturated rings. The largest absolute Gasteiger partial charge is 0.484 e. The molecule has 1 aromatic heterocycles. The average molecular weight is 575 g/mol. The van der Waals surface area contributed by atoms with Crippen molar-refractivity contribution in [2.45, 2.75) is 25.3 Å². The third-order valence-corrected chi connectivity index (χ3v) is 7.71. The van der Waals surface area contributed by atoms with Crippen molar-refractivity contribution < 1.29 is 27.2 Å². The summed E-state index contributed by atoms with van der Waals surface area (Å²) in [5.74, 6) is 0.222. The van der Waals surface area contributed by atoms with E-state index in [9.17, 15) is 18.0 Å². The van der Waals surface area contributed by atoms with Crippen molar-refractivity contribution >= 4 is 33.7 Å². The van der Waals surface area contributed by atoms with Crippen LogP contribution in [-0.2, 0) is 26.2 Å². The summed E-state index contributed by atoms with van der Waals surface area (Å²) < 4.78 is 38.7. The van der Waals surface area contributed by atoms with Crippen molar-refractivity contribution in [3.8, 4) is 5.75 Å². The Balaban J connectivity index is 1.35. The maximum absolute atomic E-state index is 13.5. The zero-order valence-electron chi connectivity index (χ0n) is 22.6. The number of nitrogens with zero attached hydrogens (tertiary/aromatic N) is 2. The zero-order chi connectivity index (χ0) is 29.2. The Hall–Kier alpha value is -4.90. The summed E-state index contributed by atoms with van der Waals surface area (Å²) in [4.78, 5) is 24.8. The fourth-order valence-electron chi connectivity index (χ4n) is 3.90. The van der Waals surface area contributed by atoms with Crippen molar-refractivity contribution in [3.63, 3.8) is 0 Å². The molecule has 3 aromatic carbocycles. The molecule has 11 heteroatoms. The first-order valence-electron chi connectivity index (χ1n) is 12.7. The number of hydrogen-bond acceptors (Lipinski definition) is 7. The molecule has 10 nitrogen and oxygen atoms in total. The molecule has 0 unspecified atom stereocenters. The van der Waals surface area contributed by atoms with Crippen LogP contribution < -0.4 is 19.8 Å². The van der Waals surface area contributed by atoms with Crippen LogP contribution in [0.5, 0.6) is 5.75 Å². The van der Waals surface area contributed by atoms with Crippen LogP contribution in [0.1, 0.15) is 22.5 Å². The number of amides is 2. The molecule has 41 heavy (non-hydrogen) atoms. The zero-order valence-corrected chi connectivity index (χ0v) is 23.4. The predicted octanol–water partition coefficient (Wildman–Crippen LogP) is 3.94. The standard InChI is InChI=1S/C30H30N4O6S/c1-22-10-15-28(23(2)17-22)34(41(37,38)27-8-4-3-5-9-27)20-29(35)33-32-18-24-11-13-25(14-12-24)40-21-30(36)31-19-26-7-6-16-39-26/h3-18H,19-21H2,1-2H3,(H,31,36)(H,33,35)/b32-18-. The maximum atomic E-state index is 13.5. The van der Waals surface area contributed by atoms with Crippen LogP contribution in [0.3, 0.4) is 0 Å². The van der Waals surface area contributed by atoms with Gasteiger partial charge < -0.3 is 14.5 Å². The van der Waals surface area contributed by atoms with E-state index in [1.54, 1.807) is 73.7 Å². The first-order chi connectivity index (χ1) is 19.7. The smallest absolute Gasteiger partial charge is 0.264 e. The number of benzene rings is 3. The summed E-state index contributed by atoms with van der Waals surface area (Å²) in [6, 6.07) is 23.5. The van der Waals surface area contributed by atoms with Crippen LogP contribution in [0.25, 0.3) is 0 Å². The van der Waals surface area contributed by atoms with E-state index in [0.29, 0.717) is 22.8 Å². The van der Waals surface area contributed by atoms with E-state index in [4.69, 9.17) is 9.15 Å². The number of carbonyl (C=O) groups excluding carboxylic acids is 2. The molecule has 4 rings (SSSR count). The van der Waals surface area contributed by atoms with Crippen LogP contribution >= 0.6 is 0 Å². The molecule has 0 saturated heterocycles. The van der Waals surface area contributed by atoms with Crippen molar-refractivity contribution in [1.29, 1.82) is 0 Å². The topological polar surface area (TPSA) is 130 Å². The minimum Gasteiger partial charge on any atom is -0.484 e. The van der Waals surface area contributed by atoms with Crippen molar-refractivity contribution in [2.75, 3.05) is 17.5 Å². The van der Waals surface area contributed by atoms with Gasteiger partial charge in [0.05, 0.1) is 29.6 Å². The summed E-state index contributed by atoms with van der Waals surface area (Å²) in [6.45, 7) is 3.36. The van der Waals surface area contributed by atoms with Crippen LogP contribution in [0, 0.1) is 13.8 Å². The normalized spacial score (nSPS) is 11.3. The Bertz CT molecular complexity index is 1600. The van der Waals surface area contributed by atoms with Gasteiger partial charge in [0.1, 0.15) is 18.1 Å². The van der Waals surface area contributed by atoms with Gasteiger partial charge in [0.25, 0.3) is 21.8 Å². The molecule has 0 atom stereocenters. The Morgan fingerprint density at radius 3 is 2.39 bits per heavy atom. The van der Waals surface area contributed by atoms with E-state index in [1.807, 2.05) is 13.0 Å². The molecule has 4 aromatic rings. The Morgan fingerprint density at radius 2 is 1.71 bits per heavy atom. The van der Waals surface area contributed by atoms with Crippen LogP contribution in [-0.4, -0.2) is 39.6 Å². The third kappa shape index (κ3) is 8.05. The number of ether oxygens (including phenoxy) is 1. The SMILES string of the molecule is Cc1ccc(N(CC(=O)N/N=C\c2ccc(OCC(=O)NCc3ccco3)cc2)S(=O)(=O)c2ccccc2)c(C)c1. The second-order valence-corrected chi connectivity index (χ2v) is 11.0. The van der Waals surface area contributed by atoms with Gasteiger partial charge in [0, 0.05) is 0 Å². The molecule has 0 radical (unpaired) electrons. The summed E-state index contributed by atoms with van der Waals surface area (Å²) in [5.41, 5.74) is 5.16. The van der Waals surface area contributed by atoms with Gasteiger partial charge >= 0.3 is 0 Å². The summed E-state index contributed by atoms with van der Waals surface area (Å²) in [7, 11) is -4.02. The molecule has 0 aliphatic heterocycles. The van der Waals surface area contributed by atoms with Gasteiger partial charge in [-0.05, 0) is 79.6 Å². The molecule has 2 N–H and O–H groups in total. The summed E-state index contributed by atoms with van der Waals surface area (Å²) in [6.07, 6.45) is 2.95. The Labute approximate surface area is 238 Å². The number of nitrogens with one attached hydrogen (secondary N) is 2. The number of hydrazone groups is 1. The fourth-order valence-corrected chi connectivity index (χ4v) is 5.40. The van der Waals surface area contributed by atoms with Crippen molar-refractivity contribution in [2.24, 2.45) is 5.10 Å². The molecule has 2 amide bonds. The van der Waals surface area contributed by atoms with E-state index in [1.165, 1.54) is 24.6 Å². The average Bonchev–Trinajstić information content (AvgIpc) is 3.49. The lowest BCUT2D eigenvalue weighted by Gasteiger charge is -2.25. The molecule has 1 heterocycles. The van der Waals surface area contributed by atoms with Crippen LogP contribution in [0.4, 0.5) is 5.69 Å². The Kier molecular flexibility index (Phi) is 9.54. The van der Waals surface area contributed by atoms with Gasteiger partial charge in [-0.3, -0.25) is 13.9 Å². The van der Waals surface area contributed by atoms with Gasteiger partial charge in [-0.25, -0.2) is 13.8 Å². The van der Waals surface area contributed by atoms with Gasteiger partial charge in [-0.1, -0.05) is 35.9 Å². The minimum atomic E-state index is -4.02. The summed E-state index contributed by atoms with van der Waals surface area (Å²) >= 11 is 0. The third-order valence-electron chi connectivity index (χ3n) is 5.93. The van der Waals surface area contributed by atoms with E-state index < -0.39 is 22.5 Å². The number of aryl methyl sites for hydroxylation is 2. The number of sulfonamides is 1. The number of anilines is 1. The van der Waals surface area contributed by atoms with Gasteiger partial charge in [-0.15, -0.1) is 0 Å². The first kappa shape index (κ1) is 29.1. The van der Waals surface area contributed by atoms with E-state index in [2.05, 4.69) is 15.8 Å². The van der Waals surface area contributed by atoms with E-state index in [0.717, 1.165) is 15.4 Å². The van der Waals surface area contributed by atoms with Crippen molar-refractivity contribution in [3.05, 3.63) is 114 Å².